The average Bonchev–Trinajstić information content (AvgIpc) is 3.21. The molecule has 55 heavy (non-hydrogen) atoms. The summed E-state index contributed by atoms with van der Waals surface area (Å²) in [5.41, 5.74) is 1.86. The van der Waals surface area contributed by atoms with Crippen molar-refractivity contribution in [1.82, 2.24) is 0 Å². The van der Waals surface area contributed by atoms with E-state index in [-0.39, 0.29) is 11.2 Å². The zero-order valence-electron chi connectivity index (χ0n) is 37.2. The molecule has 2 aromatic rings. The third-order valence-corrected chi connectivity index (χ3v) is 12.0. The molecule has 0 radical (unpaired) electrons. The lowest BCUT2D eigenvalue weighted by atomic mass is 9.93. The van der Waals surface area contributed by atoms with E-state index in [9.17, 15) is 0 Å². The number of hydrogen-bond donors (Lipinski definition) is 0. The van der Waals surface area contributed by atoms with Crippen LogP contribution in [0.4, 0.5) is 0 Å². The maximum Gasteiger partial charge on any atom is 0.122 e. The molecule has 0 bridgehead atoms. The normalized spacial score (nSPS) is 13.8. The van der Waals surface area contributed by atoms with Gasteiger partial charge in [-0.2, -0.15) is 0 Å². The van der Waals surface area contributed by atoms with E-state index in [1.54, 1.807) is 0 Å². The van der Waals surface area contributed by atoms with E-state index in [0.29, 0.717) is 26.4 Å². The number of ether oxygens (including phenoxy) is 4. The number of unbranched alkanes of at least 4 members (excludes halogenated alkanes) is 20. The molecule has 0 saturated carbocycles. The lowest BCUT2D eigenvalue weighted by Gasteiger charge is -2.33. The first-order chi connectivity index (χ1) is 27.0. The van der Waals surface area contributed by atoms with Crippen LogP contribution in [-0.4, -0.2) is 37.6 Å². The molecule has 0 spiro atoms. The van der Waals surface area contributed by atoms with Crippen LogP contribution in [-0.2, 0) is 15.9 Å². The smallest absolute Gasteiger partial charge is 0.122 e. The minimum atomic E-state index is -0.251. The van der Waals surface area contributed by atoms with Gasteiger partial charge in [0, 0.05) is 19.6 Å². The summed E-state index contributed by atoms with van der Waals surface area (Å²) in [5.74, 6) is 1.89. The van der Waals surface area contributed by atoms with E-state index in [1.165, 1.54) is 152 Å². The van der Waals surface area contributed by atoms with Crippen LogP contribution in [0, 0.1) is 0 Å². The van der Waals surface area contributed by atoms with Crippen LogP contribution in [0.1, 0.15) is 220 Å². The molecule has 2 rings (SSSR count). The highest BCUT2D eigenvalue weighted by Gasteiger charge is 2.31. The molecule has 0 aliphatic heterocycles. The van der Waals surface area contributed by atoms with Gasteiger partial charge in [-0.3, -0.25) is 0 Å². The third kappa shape index (κ3) is 21.3. The van der Waals surface area contributed by atoms with Crippen molar-refractivity contribution in [3.8, 4) is 11.5 Å². The van der Waals surface area contributed by atoms with E-state index < -0.39 is 0 Å². The van der Waals surface area contributed by atoms with E-state index in [1.807, 2.05) is 0 Å². The Bertz CT molecular complexity index is 1080. The fourth-order valence-electron chi connectivity index (χ4n) is 8.17. The monoisotopic (exact) mass is 765 g/mol. The minimum Gasteiger partial charge on any atom is -0.490 e. The summed E-state index contributed by atoms with van der Waals surface area (Å²) in [5, 5.41) is 0. The van der Waals surface area contributed by atoms with Crippen molar-refractivity contribution in [3.05, 3.63) is 59.7 Å². The summed E-state index contributed by atoms with van der Waals surface area (Å²) in [4.78, 5) is 0. The summed E-state index contributed by atoms with van der Waals surface area (Å²) < 4.78 is 26.3. The Hall–Kier alpha value is -2.04. The molecule has 4 heteroatoms. The fraction of sp³-hybridized carbons (Fsp3) is 0.765. The van der Waals surface area contributed by atoms with Crippen molar-refractivity contribution in [2.24, 2.45) is 0 Å². The van der Waals surface area contributed by atoms with Crippen LogP contribution in [0.25, 0.3) is 0 Å². The highest BCUT2D eigenvalue weighted by atomic mass is 16.5. The molecular weight excluding hydrogens is 677 g/mol. The molecule has 0 aliphatic rings. The van der Waals surface area contributed by atoms with Gasteiger partial charge in [-0.15, -0.1) is 0 Å². The number of rotatable bonds is 38. The molecule has 2 atom stereocenters. The Morgan fingerprint density at radius 1 is 0.382 bits per heavy atom. The maximum absolute atomic E-state index is 6.69. The Labute approximate surface area is 341 Å². The molecular formula is C51H88O4. The standard InChI is InChI=1S/C51H88O4/c1-7-13-15-17-19-21-23-25-27-29-35-41-50(9-3,54-11-5)44-52-48-39-33-31-37-46(48)43-47-38-32-34-40-49(47)53-45-51(10-4,55-12-6)42-36-30-28-26-24-22-20-18-16-14-8-2/h31-34,37-40H,7-30,35-36,41-45H2,1-6H3. The summed E-state index contributed by atoms with van der Waals surface area (Å²) in [6.07, 6.45) is 34.6. The van der Waals surface area contributed by atoms with Gasteiger partial charge in [0.1, 0.15) is 35.9 Å². The zero-order chi connectivity index (χ0) is 39.7. The summed E-state index contributed by atoms with van der Waals surface area (Å²) in [6, 6.07) is 17.1. The Kier molecular flexibility index (Phi) is 28.6. The van der Waals surface area contributed by atoms with Crippen molar-refractivity contribution < 1.29 is 18.9 Å². The predicted molar refractivity (Wildman–Crippen MR) is 238 cm³/mol. The van der Waals surface area contributed by atoms with Crippen molar-refractivity contribution >= 4 is 0 Å². The summed E-state index contributed by atoms with van der Waals surface area (Å²) in [7, 11) is 0. The molecule has 0 amide bonds. The lowest BCUT2D eigenvalue weighted by Crippen LogP contribution is -2.39. The second kappa shape index (κ2) is 32.0. The molecule has 316 valence electrons. The second-order valence-corrected chi connectivity index (χ2v) is 16.5. The van der Waals surface area contributed by atoms with Gasteiger partial charge in [0.05, 0.1) is 0 Å². The number of para-hydroxylation sites is 2. The molecule has 4 nitrogen and oxygen atoms in total. The Morgan fingerprint density at radius 3 is 1.00 bits per heavy atom. The molecule has 0 fully saturated rings. The van der Waals surface area contributed by atoms with E-state index in [4.69, 9.17) is 18.9 Å². The average molecular weight is 765 g/mol. The van der Waals surface area contributed by atoms with E-state index >= 15 is 0 Å². The van der Waals surface area contributed by atoms with Gasteiger partial charge in [0.25, 0.3) is 0 Å². The maximum atomic E-state index is 6.69. The minimum absolute atomic E-state index is 0.251. The topological polar surface area (TPSA) is 36.9 Å². The number of hydrogen-bond acceptors (Lipinski definition) is 4. The summed E-state index contributed by atoms with van der Waals surface area (Å²) >= 11 is 0. The quantitative estimate of drug-likeness (QED) is 0.0638. The zero-order valence-corrected chi connectivity index (χ0v) is 37.2. The Balaban J connectivity index is 1.92. The largest absolute Gasteiger partial charge is 0.490 e. The molecule has 0 heterocycles. The molecule has 0 aliphatic carbocycles. The second-order valence-electron chi connectivity index (χ2n) is 16.5. The van der Waals surface area contributed by atoms with Gasteiger partial charge < -0.3 is 18.9 Å². The molecule has 2 unspecified atom stereocenters. The lowest BCUT2D eigenvalue weighted by molar-refractivity contribution is -0.0776. The predicted octanol–water partition coefficient (Wildman–Crippen LogP) is 15.8. The van der Waals surface area contributed by atoms with Gasteiger partial charge in [-0.25, -0.2) is 0 Å². The highest BCUT2D eigenvalue weighted by Crippen LogP contribution is 2.32. The van der Waals surface area contributed by atoms with Gasteiger partial charge >= 0.3 is 0 Å². The van der Waals surface area contributed by atoms with Gasteiger partial charge in [-0.1, -0.05) is 205 Å². The van der Waals surface area contributed by atoms with Gasteiger partial charge in [-0.05, 0) is 62.8 Å². The molecule has 0 N–H and O–H groups in total. The molecule has 0 saturated heterocycles. The third-order valence-electron chi connectivity index (χ3n) is 12.0. The van der Waals surface area contributed by atoms with Crippen LogP contribution in [0.3, 0.4) is 0 Å². The first kappa shape index (κ1) is 49.1. The van der Waals surface area contributed by atoms with Crippen LogP contribution < -0.4 is 9.47 Å². The van der Waals surface area contributed by atoms with Gasteiger partial charge in [0.2, 0.25) is 0 Å². The van der Waals surface area contributed by atoms with Crippen molar-refractivity contribution in [2.45, 2.75) is 226 Å². The van der Waals surface area contributed by atoms with Crippen LogP contribution in [0.15, 0.2) is 48.5 Å². The van der Waals surface area contributed by atoms with Crippen molar-refractivity contribution in [3.63, 3.8) is 0 Å². The molecule has 2 aromatic carbocycles. The van der Waals surface area contributed by atoms with Crippen LogP contribution >= 0.6 is 0 Å². The summed E-state index contributed by atoms with van der Waals surface area (Å²) in [6.45, 7) is 15.9. The number of benzene rings is 2. The van der Waals surface area contributed by atoms with Crippen LogP contribution in [0.2, 0.25) is 0 Å². The van der Waals surface area contributed by atoms with Gasteiger partial charge in [0.15, 0.2) is 0 Å². The van der Waals surface area contributed by atoms with E-state index in [0.717, 1.165) is 43.6 Å². The SMILES string of the molecule is CCCCCCCCCCCCCC(CC)(COc1ccccc1Cc1ccccc1OCC(CC)(CCCCCCCCCCCCC)OCC)OCC. The molecule has 0 aromatic heterocycles. The van der Waals surface area contributed by atoms with E-state index in [2.05, 4.69) is 90.1 Å². The first-order valence-corrected chi connectivity index (χ1v) is 23.7. The van der Waals surface area contributed by atoms with Crippen molar-refractivity contribution in [1.29, 1.82) is 0 Å². The van der Waals surface area contributed by atoms with Crippen molar-refractivity contribution in [2.75, 3.05) is 26.4 Å². The highest BCUT2D eigenvalue weighted by molar-refractivity contribution is 5.42. The first-order valence-electron chi connectivity index (χ1n) is 23.7. The Morgan fingerprint density at radius 2 is 0.691 bits per heavy atom. The fourth-order valence-corrected chi connectivity index (χ4v) is 8.17. The van der Waals surface area contributed by atoms with Crippen LogP contribution in [0.5, 0.6) is 11.5 Å².